The van der Waals surface area contributed by atoms with Crippen molar-refractivity contribution in [1.82, 2.24) is 4.90 Å². The summed E-state index contributed by atoms with van der Waals surface area (Å²) in [5.41, 5.74) is 6.60. The molecular formula is C26H37N3O. The van der Waals surface area contributed by atoms with Crippen molar-refractivity contribution in [1.29, 1.82) is 0 Å². The Balaban J connectivity index is 1.34. The number of piperazine rings is 1. The molecule has 1 fully saturated rings. The van der Waals surface area contributed by atoms with Crippen LogP contribution in [0.15, 0.2) is 41.4 Å². The van der Waals surface area contributed by atoms with Gasteiger partial charge in [0.05, 0.1) is 6.61 Å². The fourth-order valence-electron chi connectivity index (χ4n) is 3.99. The van der Waals surface area contributed by atoms with Gasteiger partial charge in [-0.3, -0.25) is 9.89 Å². The minimum atomic E-state index is 0.782. The molecule has 0 unspecified atom stereocenters. The number of hydrogen-bond acceptors (Lipinski definition) is 4. The van der Waals surface area contributed by atoms with Crippen LogP contribution in [0.5, 0.6) is 5.75 Å². The molecule has 0 N–H and O–H groups in total. The highest BCUT2D eigenvalue weighted by molar-refractivity contribution is 5.81. The second-order valence-electron chi connectivity index (χ2n) is 8.25. The summed E-state index contributed by atoms with van der Waals surface area (Å²) in [5.74, 6) is 0.961. The number of rotatable bonds is 9. The molecule has 0 radical (unpaired) electrons. The second kappa shape index (κ2) is 11.2. The van der Waals surface area contributed by atoms with Gasteiger partial charge in [0.2, 0.25) is 0 Å². The molecule has 0 aliphatic carbocycles. The third-order valence-electron chi connectivity index (χ3n) is 6.08. The van der Waals surface area contributed by atoms with E-state index in [9.17, 15) is 0 Å². The predicted octanol–water partition coefficient (Wildman–Crippen LogP) is 5.03. The van der Waals surface area contributed by atoms with Crippen LogP contribution in [0.4, 0.5) is 5.69 Å². The van der Waals surface area contributed by atoms with Crippen LogP contribution in [0.25, 0.3) is 0 Å². The van der Waals surface area contributed by atoms with Gasteiger partial charge in [-0.1, -0.05) is 12.1 Å². The predicted molar refractivity (Wildman–Crippen MR) is 129 cm³/mol. The minimum Gasteiger partial charge on any atom is -0.494 e. The number of unbranched alkanes of at least 4 members (excludes halogenated alkanes) is 1. The second-order valence-corrected chi connectivity index (χ2v) is 8.25. The minimum absolute atomic E-state index is 0.782. The zero-order chi connectivity index (χ0) is 21.3. The maximum atomic E-state index is 5.96. The normalized spacial score (nSPS) is 15.1. The molecule has 1 aliphatic rings. The summed E-state index contributed by atoms with van der Waals surface area (Å²) < 4.78 is 5.96. The van der Waals surface area contributed by atoms with Crippen LogP contribution in [0.3, 0.4) is 0 Å². The van der Waals surface area contributed by atoms with Crippen molar-refractivity contribution in [3.05, 3.63) is 58.7 Å². The Kier molecular flexibility index (Phi) is 8.32. The molecule has 2 aromatic carbocycles. The maximum Gasteiger partial charge on any atom is 0.119 e. The van der Waals surface area contributed by atoms with E-state index in [4.69, 9.17) is 4.74 Å². The first kappa shape index (κ1) is 22.4. The van der Waals surface area contributed by atoms with Crippen LogP contribution in [0, 0.1) is 20.8 Å². The van der Waals surface area contributed by atoms with E-state index in [1.165, 1.54) is 34.4 Å². The zero-order valence-electron chi connectivity index (χ0n) is 19.2. The van der Waals surface area contributed by atoms with Gasteiger partial charge >= 0.3 is 0 Å². The quantitative estimate of drug-likeness (QED) is 0.431. The van der Waals surface area contributed by atoms with Gasteiger partial charge in [0.15, 0.2) is 0 Å². The molecule has 2 aromatic rings. The van der Waals surface area contributed by atoms with E-state index in [1.807, 2.05) is 13.1 Å². The standard InChI is InChI=1S/C26H37N3O/c1-5-27-20-24-11-12-25(19-22(24)3)30-18-7-6-13-28-14-16-29(17-15-28)26-10-8-9-21(2)23(26)4/h8-12,19-20H,5-7,13-18H2,1-4H3. The van der Waals surface area contributed by atoms with E-state index in [0.717, 1.165) is 58.0 Å². The van der Waals surface area contributed by atoms with E-state index < -0.39 is 0 Å². The summed E-state index contributed by atoms with van der Waals surface area (Å²) in [4.78, 5) is 9.45. The maximum absolute atomic E-state index is 5.96. The van der Waals surface area contributed by atoms with Gasteiger partial charge in [-0.15, -0.1) is 0 Å². The van der Waals surface area contributed by atoms with E-state index in [2.05, 4.69) is 72.0 Å². The van der Waals surface area contributed by atoms with E-state index >= 15 is 0 Å². The molecule has 1 saturated heterocycles. The van der Waals surface area contributed by atoms with Crippen molar-refractivity contribution < 1.29 is 4.74 Å². The summed E-state index contributed by atoms with van der Waals surface area (Å²) in [6, 6.07) is 12.9. The van der Waals surface area contributed by atoms with Crippen molar-refractivity contribution in [3.63, 3.8) is 0 Å². The third kappa shape index (κ3) is 6.09. The Bertz CT molecular complexity index is 838. The summed E-state index contributed by atoms with van der Waals surface area (Å²) >= 11 is 0. The molecule has 0 atom stereocenters. The van der Waals surface area contributed by atoms with Crippen LogP contribution < -0.4 is 9.64 Å². The van der Waals surface area contributed by atoms with Crippen molar-refractivity contribution in [2.75, 3.05) is 50.8 Å². The number of anilines is 1. The molecule has 0 aromatic heterocycles. The Hall–Kier alpha value is -2.33. The molecule has 0 saturated carbocycles. The first-order valence-corrected chi connectivity index (χ1v) is 11.3. The molecule has 30 heavy (non-hydrogen) atoms. The van der Waals surface area contributed by atoms with Gasteiger partial charge in [-0.2, -0.15) is 0 Å². The third-order valence-corrected chi connectivity index (χ3v) is 6.08. The van der Waals surface area contributed by atoms with Crippen LogP contribution >= 0.6 is 0 Å². The van der Waals surface area contributed by atoms with Crippen molar-refractivity contribution in [2.24, 2.45) is 4.99 Å². The highest BCUT2D eigenvalue weighted by Crippen LogP contribution is 2.24. The van der Waals surface area contributed by atoms with Crippen LogP contribution in [-0.4, -0.2) is 57.0 Å². The van der Waals surface area contributed by atoms with Crippen molar-refractivity contribution >= 4 is 11.9 Å². The molecular weight excluding hydrogens is 370 g/mol. The zero-order valence-corrected chi connectivity index (χ0v) is 19.2. The van der Waals surface area contributed by atoms with Crippen LogP contribution in [0.2, 0.25) is 0 Å². The Labute approximate surface area is 182 Å². The van der Waals surface area contributed by atoms with Crippen LogP contribution in [-0.2, 0) is 0 Å². The largest absolute Gasteiger partial charge is 0.494 e. The highest BCUT2D eigenvalue weighted by Gasteiger charge is 2.18. The molecule has 0 bridgehead atoms. The molecule has 0 spiro atoms. The van der Waals surface area contributed by atoms with Gasteiger partial charge in [0, 0.05) is 44.6 Å². The summed E-state index contributed by atoms with van der Waals surface area (Å²) in [6.07, 6.45) is 4.22. The van der Waals surface area contributed by atoms with Crippen molar-refractivity contribution in [3.8, 4) is 5.75 Å². The van der Waals surface area contributed by atoms with E-state index in [1.54, 1.807) is 0 Å². The molecule has 1 heterocycles. The summed E-state index contributed by atoms with van der Waals surface area (Å²) in [6.45, 7) is 15.9. The SMILES string of the molecule is CCN=Cc1ccc(OCCCCN2CCN(c3cccc(C)c3C)CC2)cc1C. The van der Waals surface area contributed by atoms with Gasteiger partial charge < -0.3 is 9.64 Å². The molecule has 4 nitrogen and oxygen atoms in total. The number of ether oxygens (including phenoxy) is 1. The topological polar surface area (TPSA) is 28.1 Å². The number of benzene rings is 2. The molecule has 3 rings (SSSR count). The van der Waals surface area contributed by atoms with Crippen molar-refractivity contribution in [2.45, 2.75) is 40.5 Å². The Morgan fingerprint density at radius 1 is 0.967 bits per heavy atom. The average Bonchev–Trinajstić information content (AvgIpc) is 2.75. The van der Waals surface area contributed by atoms with E-state index in [0.29, 0.717) is 0 Å². The Morgan fingerprint density at radius 2 is 1.77 bits per heavy atom. The first-order chi connectivity index (χ1) is 14.6. The lowest BCUT2D eigenvalue weighted by atomic mass is 10.1. The lowest BCUT2D eigenvalue weighted by molar-refractivity contribution is 0.238. The lowest BCUT2D eigenvalue weighted by Crippen LogP contribution is -2.46. The summed E-state index contributed by atoms with van der Waals surface area (Å²) in [5, 5.41) is 0. The fourth-order valence-corrected chi connectivity index (χ4v) is 3.99. The van der Waals surface area contributed by atoms with Gasteiger partial charge in [-0.25, -0.2) is 0 Å². The number of hydrogen-bond donors (Lipinski definition) is 0. The fraction of sp³-hybridized carbons (Fsp3) is 0.500. The number of aliphatic imine (C=N–C) groups is 1. The monoisotopic (exact) mass is 407 g/mol. The number of aryl methyl sites for hydroxylation is 2. The lowest BCUT2D eigenvalue weighted by Gasteiger charge is -2.37. The number of nitrogens with zero attached hydrogens (tertiary/aromatic N) is 3. The molecule has 1 aliphatic heterocycles. The molecule has 4 heteroatoms. The first-order valence-electron chi connectivity index (χ1n) is 11.3. The smallest absolute Gasteiger partial charge is 0.119 e. The molecule has 162 valence electrons. The summed E-state index contributed by atoms with van der Waals surface area (Å²) in [7, 11) is 0. The highest BCUT2D eigenvalue weighted by atomic mass is 16.5. The van der Waals surface area contributed by atoms with Gasteiger partial charge in [-0.05, 0) is 93.6 Å². The van der Waals surface area contributed by atoms with Gasteiger partial charge in [0.1, 0.15) is 5.75 Å². The average molecular weight is 408 g/mol. The molecule has 0 amide bonds. The van der Waals surface area contributed by atoms with Gasteiger partial charge in [0.25, 0.3) is 0 Å². The van der Waals surface area contributed by atoms with Crippen LogP contribution in [0.1, 0.15) is 42.0 Å². The van der Waals surface area contributed by atoms with E-state index in [-0.39, 0.29) is 0 Å². The Morgan fingerprint density at radius 3 is 2.50 bits per heavy atom.